The summed E-state index contributed by atoms with van der Waals surface area (Å²) < 4.78 is 1.62. The molecule has 3 aromatic rings. The molecule has 3 rings (SSSR count). The van der Waals surface area contributed by atoms with E-state index in [2.05, 4.69) is 10.1 Å². The molecule has 0 atom stereocenters. The van der Waals surface area contributed by atoms with E-state index in [1.807, 2.05) is 48.5 Å². The van der Waals surface area contributed by atoms with E-state index in [9.17, 15) is 0 Å². The summed E-state index contributed by atoms with van der Waals surface area (Å²) in [6.45, 7) is 0. The molecule has 2 aromatic heterocycles. The Bertz CT molecular complexity index is 689. The fraction of sp³-hybridized carbons (Fsp3) is 0. The van der Waals surface area contributed by atoms with E-state index in [1.54, 1.807) is 10.9 Å². The van der Waals surface area contributed by atoms with Gasteiger partial charge in [-0.05, 0) is 24.3 Å². The highest BCUT2D eigenvalue weighted by Crippen LogP contribution is 2.23. The summed E-state index contributed by atoms with van der Waals surface area (Å²) >= 11 is 5.87. The number of aromatic nitrogens is 3. The summed E-state index contributed by atoms with van der Waals surface area (Å²) in [5.74, 6) is 1.24. The molecule has 0 spiro atoms. The van der Waals surface area contributed by atoms with Gasteiger partial charge in [0.25, 0.3) is 0 Å². The minimum atomic E-state index is 0.545. The smallest absolute Gasteiger partial charge is 0.155 e. The number of anilines is 1. The minimum absolute atomic E-state index is 0.545. The van der Waals surface area contributed by atoms with Crippen molar-refractivity contribution in [2.75, 3.05) is 5.73 Å². The Hall–Kier alpha value is -2.33. The Morgan fingerprint density at radius 3 is 2.53 bits per heavy atom. The van der Waals surface area contributed by atoms with Crippen LogP contribution in [0.3, 0.4) is 0 Å². The third-order valence-corrected chi connectivity index (χ3v) is 3.00. The number of rotatable bonds is 2. The first-order valence-corrected chi connectivity index (χ1v) is 6.15. The van der Waals surface area contributed by atoms with Crippen molar-refractivity contribution < 1.29 is 0 Å². The van der Waals surface area contributed by atoms with Gasteiger partial charge in [0.2, 0.25) is 0 Å². The van der Waals surface area contributed by atoms with Crippen molar-refractivity contribution in [2.24, 2.45) is 0 Å². The fourth-order valence-corrected chi connectivity index (χ4v) is 1.95. The molecule has 5 heteroatoms. The van der Waals surface area contributed by atoms with Gasteiger partial charge in [-0.15, -0.1) is 0 Å². The summed E-state index contributed by atoms with van der Waals surface area (Å²) in [6.07, 6.45) is 1.71. The predicted molar refractivity (Wildman–Crippen MR) is 76.2 cm³/mol. The van der Waals surface area contributed by atoms with Gasteiger partial charge in [0.15, 0.2) is 5.82 Å². The van der Waals surface area contributed by atoms with Crippen LogP contribution in [0, 0.1) is 0 Å². The average Bonchev–Trinajstić information content (AvgIpc) is 2.83. The molecule has 0 bridgehead atoms. The molecule has 2 N–H and O–H groups in total. The zero-order valence-corrected chi connectivity index (χ0v) is 10.7. The Kier molecular flexibility index (Phi) is 2.93. The van der Waals surface area contributed by atoms with Gasteiger partial charge in [0, 0.05) is 22.8 Å². The minimum Gasteiger partial charge on any atom is -0.384 e. The topological polar surface area (TPSA) is 56.7 Å². The van der Waals surface area contributed by atoms with Gasteiger partial charge in [0.05, 0.1) is 5.69 Å². The number of benzene rings is 1. The Morgan fingerprint density at radius 2 is 1.84 bits per heavy atom. The standard InChI is InChI=1S/C14H11ClN4/c15-11-6-4-10(5-7-11)12-9-13(16)19(18-12)14-3-1-2-8-17-14/h1-9H,16H2. The maximum Gasteiger partial charge on any atom is 0.155 e. The second-order valence-corrected chi connectivity index (χ2v) is 4.50. The number of pyridine rings is 1. The molecule has 19 heavy (non-hydrogen) atoms. The summed E-state index contributed by atoms with van der Waals surface area (Å²) in [4.78, 5) is 4.23. The summed E-state index contributed by atoms with van der Waals surface area (Å²) in [5.41, 5.74) is 7.73. The largest absolute Gasteiger partial charge is 0.384 e. The second-order valence-electron chi connectivity index (χ2n) is 4.06. The van der Waals surface area contributed by atoms with E-state index in [-0.39, 0.29) is 0 Å². The molecular formula is C14H11ClN4. The van der Waals surface area contributed by atoms with Gasteiger partial charge in [-0.2, -0.15) is 9.78 Å². The van der Waals surface area contributed by atoms with E-state index in [0.29, 0.717) is 16.7 Å². The maximum atomic E-state index is 5.98. The molecule has 0 aliphatic heterocycles. The summed E-state index contributed by atoms with van der Waals surface area (Å²) in [7, 11) is 0. The van der Waals surface area contributed by atoms with Crippen molar-refractivity contribution >= 4 is 17.4 Å². The van der Waals surface area contributed by atoms with E-state index in [0.717, 1.165) is 11.3 Å². The van der Waals surface area contributed by atoms with Gasteiger partial charge in [0.1, 0.15) is 5.82 Å². The molecular weight excluding hydrogens is 260 g/mol. The van der Waals surface area contributed by atoms with Crippen LogP contribution in [0.1, 0.15) is 0 Å². The zero-order valence-electron chi connectivity index (χ0n) is 9.99. The van der Waals surface area contributed by atoms with Gasteiger partial charge < -0.3 is 5.73 Å². The van der Waals surface area contributed by atoms with Crippen LogP contribution < -0.4 is 5.73 Å². The molecule has 2 heterocycles. The quantitative estimate of drug-likeness (QED) is 0.778. The van der Waals surface area contributed by atoms with Gasteiger partial charge in [-0.1, -0.05) is 29.8 Å². The molecule has 0 aliphatic carbocycles. The molecule has 0 radical (unpaired) electrons. The van der Waals surface area contributed by atoms with Crippen molar-refractivity contribution in [1.82, 2.24) is 14.8 Å². The van der Waals surface area contributed by atoms with Gasteiger partial charge >= 0.3 is 0 Å². The first-order chi connectivity index (χ1) is 9.24. The van der Waals surface area contributed by atoms with E-state index in [4.69, 9.17) is 17.3 Å². The van der Waals surface area contributed by atoms with Crippen LogP contribution in [0.2, 0.25) is 5.02 Å². The molecule has 0 unspecified atom stereocenters. The Balaban J connectivity index is 2.04. The molecule has 94 valence electrons. The number of nitrogens with zero attached hydrogens (tertiary/aromatic N) is 3. The van der Waals surface area contributed by atoms with Crippen LogP contribution in [0.15, 0.2) is 54.7 Å². The third kappa shape index (κ3) is 2.30. The number of hydrogen-bond donors (Lipinski definition) is 1. The molecule has 0 saturated heterocycles. The van der Waals surface area contributed by atoms with E-state index >= 15 is 0 Å². The molecule has 0 aliphatic rings. The molecule has 1 aromatic carbocycles. The van der Waals surface area contributed by atoms with Crippen LogP contribution in [0.4, 0.5) is 5.82 Å². The lowest BCUT2D eigenvalue weighted by atomic mass is 10.1. The summed E-state index contributed by atoms with van der Waals surface area (Å²) in [5, 5.41) is 5.16. The Labute approximate surface area is 115 Å². The van der Waals surface area contributed by atoms with E-state index < -0.39 is 0 Å². The highest BCUT2D eigenvalue weighted by atomic mass is 35.5. The monoisotopic (exact) mass is 270 g/mol. The van der Waals surface area contributed by atoms with Crippen molar-refractivity contribution in [3.63, 3.8) is 0 Å². The lowest BCUT2D eigenvalue weighted by Crippen LogP contribution is -2.03. The van der Waals surface area contributed by atoms with Crippen molar-refractivity contribution in [3.8, 4) is 17.1 Å². The molecule has 4 nitrogen and oxygen atoms in total. The van der Waals surface area contributed by atoms with E-state index in [1.165, 1.54) is 0 Å². The number of nitrogens with two attached hydrogens (primary N) is 1. The van der Waals surface area contributed by atoms with Crippen molar-refractivity contribution in [3.05, 3.63) is 59.8 Å². The third-order valence-electron chi connectivity index (χ3n) is 2.74. The molecule has 0 saturated carbocycles. The first kappa shape index (κ1) is 11.7. The molecule has 0 amide bonds. The molecule has 0 fully saturated rings. The number of halogens is 1. The Morgan fingerprint density at radius 1 is 1.05 bits per heavy atom. The second kappa shape index (κ2) is 4.74. The van der Waals surface area contributed by atoms with Crippen LogP contribution in [-0.4, -0.2) is 14.8 Å². The van der Waals surface area contributed by atoms with Gasteiger partial charge in [-0.25, -0.2) is 4.98 Å². The lowest BCUT2D eigenvalue weighted by Gasteiger charge is -2.01. The summed E-state index contributed by atoms with van der Waals surface area (Å²) in [6, 6.07) is 14.9. The predicted octanol–water partition coefficient (Wildman–Crippen LogP) is 3.17. The normalized spacial score (nSPS) is 10.6. The number of hydrogen-bond acceptors (Lipinski definition) is 3. The highest BCUT2D eigenvalue weighted by molar-refractivity contribution is 6.30. The SMILES string of the molecule is Nc1cc(-c2ccc(Cl)cc2)nn1-c1ccccn1. The lowest BCUT2D eigenvalue weighted by molar-refractivity contribution is 0.860. The van der Waals surface area contributed by atoms with Gasteiger partial charge in [-0.3, -0.25) is 0 Å². The number of nitrogen functional groups attached to an aromatic ring is 1. The average molecular weight is 271 g/mol. The van der Waals surface area contributed by atoms with Crippen LogP contribution in [0.25, 0.3) is 17.1 Å². The zero-order chi connectivity index (χ0) is 13.2. The fourth-order valence-electron chi connectivity index (χ4n) is 1.82. The van der Waals surface area contributed by atoms with Crippen LogP contribution >= 0.6 is 11.6 Å². The maximum absolute atomic E-state index is 5.98. The first-order valence-electron chi connectivity index (χ1n) is 5.77. The van der Waals surface area contributed by atoms with Crippen LogP contribution in [-0.2, 0) is 0 Å². The van der Waals surface area contributed by atoms with Crippen LogP contribution in [0.5, 0.6) is 0 Å². The van der Waals surface area contributed by atoms with Crippen molar-refractivity contribution in [2.45, 2.75) is 0 Å². The van der Waals surface area contributed by atoms with Crippen molar-refractivity contribution in [1.29, 1.82) is 0 Å². The highest BCUT2D eigenvalue weighted by Gasteiger charge is 2.09.